The van der Waals surface area contributed by atoms with Crippen molar-refractivity contribution in [3.05, 3.63) is 27.7 Å². The van der Waals surface area contributed by atoms with E-state index in [1.54, 1.807) is 14.0 Å². The first-order chi connectivity index (χ1) is 9.85. The number of nitrogens with zero attached hydrogens (tertiary/aromatic N) is 1. The van der Waals surface area contributed by atoms with Crippen molar-refractivity contribution >= 4 is 27.8 Å². The third-order valence-electron chi connectivity index (χ3n) is 2.86. The zero-order chi connectivity index (χ0) is 16.0. The zero-order valence-electron chi connectivity index (χ0n) is 12.7. The van der Waals surface area contributed by atoms with Crippen LogP contribution in [0.25, 0.3) is 0 Å². The summed E-state index contributed by atoms with van der Waals surface area (Å²) in [5.41, 5.74) is 1.89. The van der Waals surface area contributed by atoms with Crippen molar-refractivity contribution < 1.29 is 19.1 Å². The maximum Gasteiger partial charge on any atom is 0.325 e. The van der Waals surface area contributed by atoms with E-state index in [1.165, 1.54) is 4.90 Å². The summed E-state index contributed by atoms with van der Waals surface area (Å²) in [4.78, 5) is 24.5. The summed E-state index contributed by atoms with van der Waals surface area (Å²) in [5.74, 6) is -0.00907. The monoisotopic (exact) mass is 357 g/mol. The third-order valence-corrected chi connectivity index (χ3v) is 3.32. The van der Waals surface area contributed by atoms with Crippen molar-refractivity contribution in [3.63, 3.8) is 0 Å². The summed E-state index contributed by atoms with van der Waals surface area (Å²) >= 11 is 3.41. The van der Waals surface area contributed by atoms with Gasteiger partial charge in [0.2, 0.25) is 0 Å². The second kappa shape index (κ2) is 8.02. The number of likely N-dealkylation sites (N-methyl/N-ethyl adjacent to an activating group) is 1. The quantitative estimate of drug-likeness (QED) is 0.733. The molecule has 1 rings (SSSR count). The standard InChI is InChI=1S/C15H20BrNO4/c1-5-20-14(19)8-17(4)13(18)9-21-15-10(2)6-12(16)7-11(15)3/h6-7H,5,8-9H2,1-4H3. The van der Waals surface area contributed by atoms with Gasteiger partial charge in [0.05, 0.1) is 6.61 Å². The largest absolute Gasteiger partial charge is 0.483 e. The number of ether oxygens (including phenoxy) is 2. The van der Waals surface area contributed by atoms with E-state index in [-0.39, 0.29) is 19.1 Å². The Morgan fingerprint density at radius 1 is 1.24 bits per heavy atom. The van der Waals surface area contributed by atoms with Crippen molar-refractivity contribution in [1.29, 1.82) is 0 Å². The SMILES string of the molecule is CCOC(=O)CN(C)C(=O)COc1c(C)cc(Br)cc1C. The van der Waals surface area contributed by atoms with Gasteiger partial charge in [0.15, 0.2) is 6.61 Å². The molecule has 0 N–H and O–H groups in total. The maximum atomic E-state index is 11.9. The molecule has 0 aliphatic carbocycles. The molecule has 0 radical (unpaired) electrons. The molecule has 116 valence electrons. The lowest BCUT2D eigenvalue weighted by molar-refractivity contribution is -0.148. The van der Waals surface area contributed by atoms with Crippen LogP contribution in [0.3, 0.4) is 0 Å². The summed E-state index contributed by atoms with van der Waals surface area (Å²) in [5, 5.41) is 0. The van der Waals surface area contributed by atoms with E-state index in [2.05, 4.69) is 15.9 Å². The predicted octanol–water partition coefficient (Wildman–Crippen LogP) is 2.47. The molecule has 0 atom stereocenters. The molecule has 0 fully saturated rings. The number of esters is 1. The minimum atomic E-state index is -0.427. The second-order valence-corrected chi connectivity index (χ2v) is 5.63. The van der Waals surface area contributed by atoms with E-state index in [9.17, 15) is 9.59 Å². The Morgan fingerprint density at radius 3 is 2.33 bits per heavy atom. The first-order valence-electron chi connectivity index (χ1n) is 6.64. The van der Waals surface area contributed by atoms with Gasteiger partial charge in [-0.1, -0.05) is 15.9 Å². The van der Waals surface area contributed by atoms with E-state index in [0.717, 1.165) is 15.6 Å². The van der Waals surface area contributed by atoms with Gasteiger partial charge < -0.3 is 14.4 Å². The minimum absolute atomic E-state index is 0.0751. The van der Waals surface area contributed by atoms with Crippen LogP contribution in [0.15, 0.2) is 16.6 Å². The number of halogens is 1. The first-order valence-corrected chi connectivity index (χ1v) is 7.43. The average molecular weight is 358 g/mol. The smallest absolute Gasteiger partial charge is 0.325 e. The van der Waals surface area contributed by atoms with Gasteiger partial charge >= 0.3 is 5.97 Å². The number of amides is 1. The third kappa shape index (κ3) is 5.38. The molecule has 0 aliphatic heterocycles. The summed E-state index contributed by atoms with van der Waals surface area (Å²) in [6.07, 6.45) is 0. The van der Waals surface area contributed by atoms with Gasteiger partial charge in [-0.3, -0.25) is 9.59 Å². The van der Waals surface area contributed by atoms with Gasteiger partial charge in [0.1, 0.15) is 12.3 Å². The summed E-state index contributed by atoms with van der Waals surface area (Å²) in [7, 11) is 1.55. The second-order valence-electron chi connectivity index (χ2n) is 4.71. The molecule has 1 amide bonds. The summed E-state index contributed by atoms with van der Waals surface area (Å²) in [6.45, 7) is 5.67. The van der Waals surface area contributed by atoms with Crippen molar-refractivity contribution in [3.8, 4) is 5.75 Å². The van der Waals surface area contributed by atoms with Crippen LogP contribution >= 0.6 is 15.9 Å². The lowest BCUT2D eigenvalue weighted by atomic mass is 10.1. The molecular formula is C15H20BrNO4. The van der Waals surface area contributed by atoms with Gasteiger partial charge in [0.25, 0.3) is 5.91 Å². The van der Waals surface area contributed by atoms with Crippen LogP contribution in [-0.4, -0.2) is 43.6 Å². The Labute approximate surface area is 133 Å². The number of carbonyl (C=O) groups is 2. The topological polar surface area (TPSA) is 55.8 Å². The van der Waals surface area contributed by atoms with Gasteiger partial charge in [-0.25, -0.2) is 0 Å². The van der Waals surface area contributed by atoms with Crippen LogP contribution in [0.1, 0.15) is 18.1 Å². The number of aryl methyl sites for hydroxylation is 2. The number of benzene rings is 1. The molecule has 0 aromatic heterocycles. The van der Waals surface area contributed by atoms with E-state index >= 15 is 0 Å². The lowest BCUT2D eigenvalue weighted by Crippen LogP contribution is -2.36. The Balaban J connectivity index is 2.59. The Bertz CT molecular complexity index is 507. The highest BCUT2D eigenvalue weighted by molar-refractivity contribution is 9.10. The number of carbonyl (C=O) groups excluding carboxylic acids is 2. The van der Waals surface area contributed by atoms with Crippen LogP contribution < -0.4 is 4.74 Å². The molecular weight excluding hydrogens is 338 g/mol. The van der Waals surface area contributed by atoms with Gasteiger partial charge in [-0.05, 0) is 44.0 Å². The average Bonchev–Trinajstić information content (AvgIpc) is 2.37. The van der Waals surface area contributed by atoms with Gasteiger partial charge in [0, 0.05) is 11.5 Å². The number of rotatable bonds is 6. The summed E-state index contributed by atoms with van der Waals surface area (Å²) < 4.78 is 11.3. The molecule has 0 bridgehead atoms. The highest BCUT2D eigenvalue weighted by atomic mass is 79.9. The molecule has 1 aromatic rings. The molecule has 0 spiro atoms. The highest BCUT2D eigenvalue weighted by Gasteiger charge is 2.15. The molecule has 6 heteroatoms. The van der Waals surface area contributed by atoms with Crippen molar-refractivity contribution in [1.82, 2.24) is 4.90 Å². The van der Waals surface area contributed by atoms with E-state index in [1.807, 2.05) is 26.0 Å². The van der Waals surface area contributed by atoms with Crippen LogP contribution in [-0.2, 0) is 14.3 Å². The fraction of sp³-hybridized carbons (Fsp3) is 0.467. The van der Waals surface area contributed by atoms with Gasteiger partial charge in [-0.15, -0.1) is 0 Å². The normalized spacial score (nSPS) is 10.1. The van der Waals surface area contributed by atoms with Crippen LogP contribution in [0.4, 0.5) is 0 Å². The minimum Gasteiger partial charge on any atom is -0.483 e. The number of hydrogen-bond donors (Lipinski definition) is 0. The molecule has 1 aromatic carbocycles. The molecule has 0 aliphatic rings. The molecule has 5 nitrogen and oxygen atoms in total. The maximum absolute atomic E-state index is 11.9. The number of hydrogen-bond acceptors (Lipinski definition) is 4. The van der Waals surface area contributed by atoms with Crippen LogP contribution in [0, 0.1) is 13.8 Å². The molecule has 0 heterocycles. The molecule has 21 heavy (non-hydrogen) atoms. The Morgan fingerprint density at radius 2 is 1.81 bits per heavy atom. The molecule has 0 saturated heterocycles. The zero-order valence-corrected chi connectivity index (χ0v) is 14.3. The predicted molar refractivity (Wildman–Crippen MR) is 83.4 cm³/mol. The first kappa shape index (κ1) is 17.5. The van der Waals surface area contributed by atoms with Crippen molar-refractivity contribution in [2.45, 2.75) is 20.8 Å². The Hall–Kier alpha value is -1.56. The Kier molecular flexibility index (Phi) is 6.68. The lowest BCUT2D eigenvalue weighted by Gasteiger charge is -2.18. The van der Waals surface area contributed by atoms with E-state index < -0.39 is 5.97 Å². The highest BCUT2D eigenvalue weighted by Crippen LogP contribution is 2.27. The van der Waals surface area contributed by atoms with E-state index in [4.69, 9.17) is 9.47 Å². The van der Waals surface area contributed by atoms with Crippen LogP contribution in [0.2, 0.25) is 0 Å². The van der Waals surface area contributed by atoms with Crippen molar-refractivity contribution in [2.75, 3.05) is 26.8 Å². The van der Waals surface area contributed by atoms with E-state index in [0.29, 0.717) is 12.4 Å². The van der Waals surface area contributed by atoms with Crippen molar-refractivity contribution in [2.24, 2.45) is 0 Å². The fourth-order valence-corrected chi connectivity index (χ4v) is 2.54. The van der Waals surface area contributed by atoms with Crippen LogP contribution in [0.5, 0.6) is 5.75 Å². The summed E-state index contributed by atoms with van der Waals surface area (Å²) in [6, 6.07) is 3.85. The molecule has 0 saturated carbocycles. The fourth-order valence-electron chi connectivity index (χ4n) is 1.86. The van der Waals surface area contributed by atoms with Gasteiger partial charge in [-0.2, -0.15) is 0 Å². The molecule has 0 unspecified atom stereocenters.